The van der Waals surface area contributed by atoms with Gasteiger partial charge in [-0.25, -0.2) is 0 Å². The molecule has 0 radical (unpaired) electrons. The van der Waals surface area contributed by atoms with Crippen molar-refractivity contribution in [3.8, 4) is 11.5 Å². The molecule has 1 N–H and O–H groups in total. The SMILES string of the molecule is CCC1CCNC(CC(=O)c2ccc(OC)c(OC)c2)C1. The maximum Gasteiger partial charge on any atom is 0.164 e. The third-order valence-electron chi connectivity index (χ3n) is 4.32. The second-order valence-corrected chi connectivity index (χ2v) is 5.65. The van der Waals surface area contributed by atoms with E-state index >= 15 is 0 Å². The number of nitrogens with one attached hydrogen (secondary N) is 1. The number of ether oxygens (including phenoxy) is 2. The second kappa shape index (κ2) is 7.46. The summed E-state index contributed by atoms with van der Waals surface area (Å²) in [5, 5.41) is 3.46. The lowest BCUT2D eigenvalue weighted by molar-refractivity contribution is 0.0956. The van der Waals surface area contributed by atoms with Crippen LogP contribution in [0.15, 0.2) is 18.2 Å². The number of benzene rings is 1. The van der Waals surface area contributed by atoms with E-state index in [0.29, 0.717) is 29.5 Å². The monoisotopic (exact) mass is 291 g/mol. The van der Waals surface area contributed by atoms with Crippen LogP contribution in [0, 0.1) is 5.92 Å². The van der Waals surface area contributed by atoms with Crippen LogP contribution in [0.4, 0.5) is 0 Å². The molecular weight excluding hydrogens is 266 g/mol. The topological polar surface area (TPSA) is 47.6 Å². The Labute approximate surface area is 126 Å². The molecule has 0 spiro atoms. The van der Waals surface area contributed by atoms with E-state index in [4.69, 9.17) is 9.47 Å². The van der Waals surface area contributed by atoms with E-state index in [-0.39, 0.29) is 5.78 Å². The standard InChI is InChI=1S/C17H25NO3/c1-4-12-7-8-18-14(9-12)11-15(19)13-5-6-16(20-2)17(10-13)21-3/h5-6,10,12,14,18H,4,7-9,11H2,1-3H3. The Bertz CT molecular complexity index is 487. The molecule has 1 aliphatic rings. The Hall–Kier alpha value is -1.55. The molecule has 0 saturated carbocycles. The van der Waals surface area contributed by atoms with Gasteiger partial charge >= 0.3 is 0 Å². The molecule has 2 rings (SSSR count). The van der Waals surface area contributed by atoms with Gasteiger partial charge in [-0.15, -0.1) is 0 Å². The summed E-state index contributed by atoms with van der Waals surface area (Å²) >= 11 is 0. The minimum Gasteiger partial charge on any atom is -0.493 e. The molecule has 1 saturated heterocycles. The van der Waals surface area contributed by atoms with Crippen molar-refractivity contribution >= 4 is 5.78 Å². The number of ketones is 1. The number of piperidine rings is 1. The molecule has 1 aliphatic heterocycles. The van der Waals surface area contributed by atoms with Crippen LogP contribution in [-0.2, 0) is 0 Å². The largest absolute Gasteiger partial charge is 0.493 e. The molecule has 0 bridgehead atoms. The molecule has 1 aromatic rings. The first kappa shape index (κ1) is 15.8. The van der Waals surface area contributed by atoms with Crippen molar-refractivity contribution in [3.63, 3.8) is 0 Å². The van der Waals surface area contributed by atoms with Crippen molar-refractivity contribution in [2.45, 2.75) is 38.6 Å². The fraction of sp³-hybridized carbons (Fsp3) is 0.588. The molecule has 2 unspecified atom stereocenters. The van der Waals surface area contributed by atoms with Gasteiger partial charge in [-0.05, 0) is 43.5 Å². The van der Waals surface area contributed by atoms with E-state index in [1.54, 1.807) is 26.4 Å². The molecule has 116 valence electrons. The average Bonchev–Trinajstić information content (AvgIpc) is 2.54. The maximum atomic E-state index is 12.4. The summed E-state index contributed by atoms with van der Waals surface area (Å²) in [6, 6.07) is 5.66. The molecular formula is C17H25NO3. The van der Waals surface area contributed by atoms with Crippen molar-refractivity contribution in [3.05, 3.63) is 23.8 Å². The van der Waals surface area contributed by atoms with Crippen LogP contribution >= 0.6 is 0 Å². The van der Waals surface area contributed by atoms with E-state index in [9.17, 15) is 4.79 Å². The first-order chi connectivity index (χ1) is 10.2. The summed E-state index contributed by atoms with van der Waals surface area (Å²) in [4.78, 5) is 12.4. The van der Waals surface area contributed by atoms with E-state index in [2.05, 4.69) is 12.2 Å². The predicted molar refractivity (Wildman–Crippen MR) is 83.3 cm³/mol. The highest BCUT2D eigenvalue weighted by molar-refractivity contribution is 5.97. The Kier molecular flexibility index (Phi) is 5.62. The highest BCUT2D eigenvalue weighted by atomic mass is 16.5. The summed E-state index contributed by atoms with van der Waals surface area (Å²) in [7, 11) is 3.18. The molecule has 1 heterocycles. The van der Waals surface area contributed by atoms with Crippen LogP contribution in [-0.4, -0.2) is 32.6 Å². The van der Waals surface area contributed by atoms with Crippen molar-refractivity contribution in [1.29, 1.82) is 0 Å². The average molecular weight is 291 g/mol. The Morgan fingerprint density at radius 2 is 2.05 bits per heavy atom. The van der Waals surface area contributed by atoms with Gasteiger partial charge in [0, 0.05) is 18.0 Å². The maximum absolute atomic E-state index is 12.4. The summed E-state index contributed by atoms with van der Waals surface area (Å²) in [5.41, 5.74) is 0.688. The fourth-order valence-electron chi connectivity index (χ4n) is 2.97. The van der Waals surface area contributed by atoms with Gasteiger partial charge in [0.2, 0.25) is 0 Å². The van der Waals surface area contributed by atoms with Gasteiger partial charge in [0.15, 0.2) is 17.3 Å². The van der Waals surface area contributed by atoms with E-state index in [1.807, 2.05) is 6.07 Å². The molecule has 4 heteroatoms. The normalized spacial score (nSPS) is 21.9. The van der Waals surface area contributed by atoms with Gasteiger partial charge in [0.25, 0.3) is 0 Å². The number of carbonyl (C=O) groups is 1. The number of rotatable bonds is 6. The summed E-state index contributed by atoms with van der Waals surface area (Å²) in [5.74, 6) is 2.15. The third kappa shape index (κ3) is 3.97. The van der Waals surface area contributed by atoms with Crippen LogP contribution in [0.2, 0.25) is 0 Å². The second-order valence-electron chi connectivity index (χ2n) is 5.65. The molecule has 1 aromatic carbocycles. The zero-order chi connectivity index (χ0) is 15.2. The fourth-order valence-corrected chi connectivity index (χ4v) is 2.97. The van der Waals surface area contributed by atoms with E-state index in [0.717, 1.165) is 18.9 Å². The highest BCUT2D eigenvalue weighted by Crippen LogP contribution is 2.29. The zero-order valence-electron chi connectivity index (χ0n) is 13.1. The quantitative estimate of drug-likeness (QED) is 0.818. The smallest absolute Gasteiger partial charge is 0.164 e. The molecule has 21 heavy (non-hydrogen) atoms. The van der Waals surface area contributed by atoms with Gasteiger partial charge in [-0.1, -0.05) is 13.3 Å². The van der Waals surface area contributed by atoms with Crippen molar-refractivity contribution < 1.29 is 14.3 Å². The number of methoxy groups -OCH3 is 2. The van der Waals surface area contributed by atoms with Gasteiger partial charge in [0.05, 0.1) is 14.2 Å². The number of Topliss-reactive ketones (excluding diaryl/α,β-unsaturated/α-hetero) is 1. The molecule has 1 fully saturated rings. The lowest BCUT2D eigenvalue weighted by Gasteiger charge is -2.29. The lowest BCUT2D eigenvalue weighted by atomic mass is 9.87. The molecule has 0 aromatic heterocycles. The van der Waals surface area contributed by atoms with E-state index in [1.165, 1.54) is 12.8 Å². The zero-order valence-corrected chi connectivity index (χ0v) is 13.1. The van der Waals surface area contributed by atoms with Gasteiger partial charge in [0.1, 0.15) is 0 Å². The van der Waals surface area contributed by atoms with Crippen LogP contribution in [0.25, 0.3) is 0 Å². The number of hydrogen-bond donors (Lipinski definition) is 1. The Morgan fingerprint density at radius 1 is 1.29 bits per heavy atom. The first-order valence-corrected chi connectivity index (χ1v) is 7.66. The van der Waals surface area contributed by atoms with Crippen molar-refractivity contribution in [2.75, 3.05) is 20.8 Å². The van der Waals surface area contributed by atoms with Crippen LogP contribution in [0.1, 0.15) is 43.0 Å². The van der Waals surface area contributed by atoms with Crippen molar-refractivity contribution in [2.24, 2.45) is 5.92 Å². The Morgan fingerprint density at radius 3 is 2.71 bits per heavy atom. The van der Waals surface area contributed by atoms with Crippen molar-refractivity contribution in [1.82, 2.24) is 5.32 Å². The van der Waals surface area contributed by atoms with Gasteiger partial charge in [-0.2, -0.15) is 0 Å². The third-order valence-corrected chi connectivity index (χ3v) is 4.32. The van der Waals surface area contributed by atoms with E-state index < -0.39 is 0 Å². The van der Waals surface area contributed by atoms with Gasteiger partial charge in [-0.3, -0.25) is 4.79 Å². The predicted octanol–water partition coefficient (Wildman–Crippen LogP) is 3.05. The molecule has 2 atom stereocenters. The molecule has 4 nitrogen and oxygen atoms in total. The Balaban J connectivity index is 2.03. The summed E-state index contributed by atoms with van der Waals surface area (Å²) in [6.45, 7) is 3.24. The van der Waals surface area contributed by atoms with Crippen LogP contribution in [0.3, 0.4) is 0 Å². The minimum atomic E-state index is 0.158. The highest BCUT2D eigenvalue weighted by Gasteiger charge is 2.23. The number of hydrogen-bond acceptors (Lipinski definition) is 4. The molecule has 0 amide bonds. The van der Waals surface area contributed by atoms with Gasteiger partial charge < -0.3 is 14.8 Å². The van der Waals surface area contributed by atoms with Crippen LogP contribution in [0.5, 0.6) is 11.5 Å². The van der Waals surface area contributed by atoms with Crippen LogP contribution < -0.4 is 14.8 Å². The summed E-state index contributed by atoms with van der Waals surface area (Å²) in [6.07, 6.45) is 4.06. The lowest BCUT2D eigenvalue weighted by Crippen LogP contribution is -2.39. The minimum absolute atomic E-state index is 0.158. The summed E-state index contributed by atoms with van der Waals surface area (Å²) < 4.78 is 10.5. The molecule has 0 aliphatic carbocycles. The number of carbonyl (C=O) groups excluding carboxylic acids is 1. The first-order valence-electron chi connectivity index (χ1n) is 7.66.